The Morgan fingerprint density at radius 3 is 2.28 bits per heavy atom. The number of ether oxygens (including phenoxy) is 3. The van der Waals surface area contributed by atoms with Gasteiger partial charge in [0.2, 0.25) is 11.8 Å². The topological polar surface area (TPSA) is 146 Å². The van der Waals surface area contributed by atoms with E-state index >= 15 is 0 Å². The number of carbonyl (C=O) groups excluding carboxylic acids is 4. The van der Waals surface area contributed by atoms with Crippen LogP contribution in [-0.4, -0.2) is 48.5 Å². The van der Waals surface area contributed by atoms with Crippen LogP contribution < -0.4 is 25.8 Å². The van der Waals surface area contributed by atoms with Gasteiger partial charge < -0.3 is 30.6 Å². The fraction of sp³-hybridized carbons (Fsp3) is 0.556. The minimum Gasteiger partial charge on any atom is -0.492 e. The number of carbonyl (C=O) groups is 4. The second kappa shape index (κ2) is 16.0. The maximum atomic E-state index is 13.7. The highest BCUT2D eigenvalue weighted by molar-refractivity contribution is 5.96. The molecule has 2 aliphatic carbocycles. The Hall–Kier alpha value is -4.08. The van der Waals surface area contributed by atoms with Crippen LogP contribution in [0.25, 0.3) is 0 Å². The third kappa shape index (κ3) is 10.5. The summed E-state index contributed by atoms with van der Waals surface area (Å²) in [5.74, 6) is -0.204. The second-order valence-corrected chi connectivity index (χ2v) is 13.5. The molecule has 2 aliphatic rings. The zero-order valence-electron chi connectivity index (χ0n) is 27.6. The summed E-state index contributed by atoms with van der Waals surface area (Å²) in [6, 6.07) is 9.55. The third-order valence-corrected chi connectivity index (χ3v) is 8.42. The maximum absolute atomic E-state index is 13.7. The molecule has 1 fully saturated rings. The molecule has 10 nitrogen and oxygen atoms in total. The highest BCUT2D eigenvalue weighted by Gasteiger charge is 2.28. The molecular formula is C36H49N3O7. The van der Waals surface area contributed by atoms with Crippen LogP contribution in [0, 0.1) is 5.92 Å². The number of hydrogen-bond donors (Lipinski definition) is 3. The number of rotatable bonds is 12. The molecule has 0 spiro atoms. The summed E-state index contributed by atoms with van der Waals surface area (Å²) in [4.78, 5) is 50.3. The molecule has 2 aromatic carbocycles. The van der Waals surface area contributed by atoms with Crippen molar-refractivity contribution in [1.82, 2.24) is 10.6 Å². The highest BCUT2D eigenvalue weighted by atomic mass is 16.6. The predicted octanol–water partition coefficient (Wildman–Crippen LogP) is 5.10. The monoisotopic (exact) mass is 635 g/mol. The van der Waals surface area contributed by atoms with Crippen molar-refractivity contribution in [2.45, 2.75) is 110 Å². The molecule has 4 rings (SSSR count). The van der Waals surface area contributed by atoms with Crippen molar-refractivity contribution in [2.75, 3.05) is 13.2 Å². The lowest BCUT2D eigenvalue weighted by molar-refractivity contribution is -0.157. The van der Waals surface area contributed by atoms with Gasteiger partial charge in [0, 0.05) is 13.3 Å². The molecule has 0 radical (unpaired) electrons. The van der Waals surface area contributed by atoms with Crippen molar-refractivity contribution in [2.24, 2.45) is 11.7 Å². The van der Waals surface area contributed by atoms with Gasteiger partial charge in [0.15, 0.2) is 6.61 Å². The number of esters is 1. The van der Waals surface area contributed by atoms with Crippen LogP contribution in [0.3, 0.4) is 0 Å². The van der Waals surface area contributed by atoms with Crippen molar-refractivity contribution in [3.8, 4) is 11.5 Å². The standard InChI is InChI=1S/C36H49N3O7/c1-23(40)38-31(18-24-14-16-27(17-15-24)44-22-33(41)46-36(2,3)4)35(43)39-30-13-9-8-12-26-19-32(29(34(37)42)20-28(26)30)45-21-25-10-6-5-7-11-25/h14-17,19-20,25,30-31H,5-13,18,21-22H2,1-4H3,(H2,37,42)(H,38,40)(H,39,43)/t30-,31+/m1/s1. The second-order valence-electron chi connectivity index (χ2n) is 13.5. The average molecular weight is 636 g/mol. The van der Waals surface area contributed by atoms with E-state index < -0.39 is 23.5 Å². The van der Waals surface area contributed by atoms with Gasteiger partial charge in [-0.25, -0.2) is 4.79 Å². The number of primary amides is 1. The Balaban J connectivity index is 1.45. The van der Waals surface area contributed by atoms with Crippen LogP contribution in [0.2, 0.25) is 0 Å². The summed E-state index contributed by atoms with van der Waals surface area (Å²) in [7, 11) is 0. The summed E-state index contributed by atoms with van der Waals surface area (Å²) in [6.07, 6.45) is 9.50. The molecule has 0 saturated heterocycles. The molecule has 0 aromatic heterocycles. The van der Waals surface area contributed by atoms with Gasteiger partial charge >= 0.3 is 5.97 Å². The van der Waals surface area contributed by atoms with Crippen LogP contribution in [0.4, 0.5) is 0 Å². The molecule has 46 heavy (non-hydrogen) atoms. The third-order valence-electron chi connectivity index (χ3n) is 8.42. The molecule has 10 heteroatoms. The summed E-state index contributed by atoms with van der Waals surface area (Å²) in [5.41, 5.74) is 8.23. The van der Waals surface area contributed by atoms with Gasteiger partial charge in [-0.3, -0.25) is 14.4 Å². The minimum absolute atomic E-state index is 0.220. The number of hydrogen-bond acceptors (Lipinski definition) is 7. The fourth-order valence-electron chi connectivity index (χ4n) is 6.22. The van der Waals surface area contributed by atoms with E-state index in [4.69, 9.17) is 19.9 Å². The van der Waals surface area contributed by atoms with Crippen molar-refractivity contribution in [1.29, 1.82) is 0 Å². The van der Waals surface area contributed by atoms with Gasteiger partial charge in [0.05, 0.1) is 18.2 Å². The molecule has 1 saturated carbocycles. The summed E-state index contributed by atoms with van der Waals surface area (Å²) in [6.45, 7) is 7.09. The van der Waals surface area contributed by atoms with E-state index in [9.17, 15) is 19.2 Å². The summed E-state index contributed by atoms with van der Waals surface area (Å²) in [5, 5.41) is 5.93. The average Bonchev–Trinajstić information content (AvgIpc) is 3.19. The molecule has 250 valence electrons. The molecular weight excluding hydrogens is 586 g/mol. The van der Waals surface area contributed by atoms with E-state index in [1.165, 1.54) is 26.2 Å². The Bertz CT molecular complexity index is 1380. The van der Waals surface area contributed by atoms with Crippen LogP contribution >= 0.6 is 0 Å². The van der Waals surface area contributed by atoms with Crippen molar-refractivity contribution in [3.05, 3.63) is 58.7 Å². The van der Waals surface area contributed by atoms with Crippen molar-refractivity contribution in [3.63, 3.8) is 0 Å². The molecule has 0 aliphatic heterocycles. The number of nitrogens with two attached hydrogens (primary N) is 1. The Morgan fingerprint density at radius 1 is 0.935 bits per heavy atom. The fourth-order valence-corrected chi connectivity index (χ4v) is 6.22. The quantitative estimate of drug-likeness (QED) is 0.217. The molecule has 2 atom stereocenters. The number of benzene rings is 2. The molecule has 0 unspecified atom stereocenters. The zero-order valence-corrected chi connectivity index (χ0v) is 27.6. The van der Waals surface area contributed by atoms with Crippen molar-refractivity contribution >= 4 is 23.7 Å². The van der Waals surface area contributed by atoms with Crippen LogP contribution in [-0.2, 0) is 32.0 Å². The zero-order chi connectivity index (χ0) is 33.3. The van der Waals surface area contributed by atoms with Crippen LogP contribution in [0.5, 0.6) is 11.5 Å². The molecule has 3 amide bonds. The predicted molar refractivity (Wildman–Crippen MR) is 175 cm³/mol. The lowest BCUT2D eigenvalue weighted by atomic mass is 9.90. The molecule has 0 heterocycles. The van der Waals surface area contributed by atoms with Gasteiger partial charge in [-0.15, -0.1) is 0 Å². The van der Waals surface area contributed by atoms with Gasteiger partial charge in [0.25, 0.3) is 5.91 Å². The number of aryl methyl sites for hydroxylation is 1. The first-order chi connectivity index (χ1) is 21.9. The van der Waals surface area contributed by atoms with Crippen LogP contribution in [0.1, 0.15) is 112 Å². The van der Waals surface area contributed by atoms with E-state index in [0.29, 0.717) is 36.0 Å². The number of amides is 3. The Morgan fingerprint density at radius 2 is 1.63 bits per heavy atom. The first kappa shape index (κ1) is 34.8. The maximum Gasteiger partial charge on any atom is 0.344 e. The van der Waals surface area contributed by atoms with E-state index in [2.05, 4.69) is 10.6 Å². The Labute approximate surface area is 272 Å². The van der Waals surface area contributed by atoms with E-state index in [1.807, 2.05) is 6.07 Å². The first-order valence-corrected chi connectivity index (χ1v) is 16.5. The molecule has 4 N–H and O–H groups in total. The summed E-state index contributed by atoms with van der Waals surface area (Å²) >= 11 is 0. The normalized spacial score (nSPS) is 17.5. The Kier molecular flexibility index (Phi) is 12.1. The van der Waals surface area contributed by atoms with Crippen molar-refractivity contribution < 1.29 is 33.4 Å². The van der Waals surface area contributed by atoms with Gasteiger partial charge in [-0.1, -0.05) is 37.8 Å². The van der Waals surface area contributed by atoms with Crippen LogP contribution in [0.15, 0.2) is 36.4 Å². The smallest absolute Gasteiger partial charge is 0.344 e. The lowest BCUT2D eigenvalue weighted by Crippen LogP contribution is -2.48. The molecule has 0 bridgehead atoms. The van der Waals surface area contributed by atoms with Gasteiger partial charge in [0.1, 0.15) is 23.1 Å². The lowest BCUT2D eigenvalue weighted by Gasteiger charge is -2.26. The number of nitrogens with one attached hydrogen (secondary N) is 2. The summed E-state index contributed by atoms with van der Waals surface area (Å²) < 4.78 is 17.0. The largest absolute Gasteiger partial charge is 0.492 e. The van der Waals surface area contributed by atoms with Gasteiger partial charge in [-0.05, 0) is 99.7 Å². The van der Waals surface area contributed by atoms with Gasteiger partial charge in [-0.2, -0.15) is 0 Å². The van der Waals surface area contributed by atoms with E-state index in [-0.39, 0.29) is 30.9 Å². The SMILES string of the molecule is CC(=O)N[C@@H](Cc1ccc(OCC(=O)OC(C)(C)C)cc1)C(=O)N[C@@H]1CCCCc2cc(OCC3CCCCC3)c(C(N)=O)cc21. The number of fused-ring (bicyclic) bond motifs is 1. The first-order valence-electron chi connectivity index (χ1n) is 16.5. The van der Waals surface area contributed by atoms with E-state index in [0.717, 1.165) is 48.8 Å². The highest BCUT2D eigenvalue weighted by Crippen LogP contribution is 2.35. The minimum atomic E-state index is -0.827. The van der Waals surface area contributed by atoms with E-state index in [1.54, 1.807) is 51.1 Å². The molecule has 2 aromatic rings.